The third-order valence-corrected chi connectivity index (χ3v) is 4.53. The monoisotopic (exact) mass is 331 g/mol. The van der Waals surface area contributed by atoms with Gasteiger partial charge in [-0.05, 0) is 36.4 Å². The third-order valence-electron chi connectivity index (χ3n) is 4.53. The lowest BCUT2D eigenvalue weighted by molar-refractivity contribution is -0.914. The van der Waals surface area contributed by atoms with E-state index >= 15 is 0 Å². The normalized spacial score (nSPS) is 15.4. The van der Waals surface area contributed by atoms with E-state index in [9.17, 15) is 4.39 Å². The highest BCUT2D eigenvalue weighted by atomic mass is 19.1. The van der Waals surface area contributed by atoms with E-state index in [0.29, 0.717) is 0 Å². The summed E-state index contributed by atoms with van der Waals surface area (Å²) in [6.45, 7) is 5.00. The highest BCUT2D eigenvalue weighted by molar-refractivity contribution is 5.46. The zero-order chi connectivity index (χ0) is 16.9. The molecule has 1 fully saturated rings. The lowest BCUT2D eigenvalue weighted by atomic mass is 10.1. The Bertz CT molecular complexity index is 645. The van der Waals surface area contributed by atoms with Crippen LogP contribution in [-0.4, -0.2) is 40.4 Å². The second kappa shape index (κ2) is 7.53. The lowest BCUT2D eigenvalue weighted by Gasteiger charge is -2.33. The van der Waals surface area contributed by atoms with E-state index in [-0.39, 0.29) is 5.82 Å². The minimum absolute atomic E-state index is 0.185. The largest absolute Gasteiger partial charge is 0.497 e. The predicted octanol–water partition coefficient (Wildman–Crippen LogP) is 1.75. The Morgan fingerprint density at radius 3 is 2.08 bits per heavy atom. The molecule has 0 amide bonds. The third kappa shape index (κ3) is 3.97. The summed E-state index contributed by atoms with van der Waals surface area (Å²) >= 11 is 0. The first-order chi connectivity index (χ1) is 11.7. The van der Waals surface area contributed by atoms with Crippen LogP contribution in [0, 0.1) is 5.82 Å². The van der Waals surface area contributed by atoms with Crippen LogP contribution in [0.3, 0.4) is 0 Å². The van der Waals surface area contributed by atoms with Crippen LogP contribution in [0.15, 0.2) is 42.5 Å². The van der Waals surface area contributed by atoms with Crippen LogP contribution in [0.5, 0.6) is 11.5 Å². The second-order valence-electron chi connectivity index (χ2n) is 6.11. The molecule has 0 bridgehead atoms. The van der Waals surface area contributed by atoms with Gasteiger partial charge >= 0.3 is 0 Å². The zero-order valence-corrected chi connectivity index (χ0v) is 14.2. The zero-order valence-electron chi connectivity index (χ0n) is 14.2. The maximum Gasteiger partial charge on any atom is 0.123 e. The lowest BCUT2D eigenvalue weighted by Crippen LogP contribution is -3.13. The number of quaternary nitrogens is 1. The summed E-state index contributed by atoms with van der Waals surface area (Å²) < 4.78 is 23.7. The van der Waals surface area contributed by atoms with Crippen molar-refractivity contribution < 1.29 is 18.8 Å². The van der Waals surface area contributed by atoms with E-state index in [0.717, 1.165) is 49.9 Å². The van der Waals surface area contributed by atoms with Crippen LogP contribution in [0.1, 0.15) is 5.56 Å². The molecule has 2 aromatic carbocycles. The van der Waals surface area contributed by atoms with Gasteiger partial charge in [0, 0.05) is 17.3 Å². The molecule has 3 rings (SSSR count). The summed E-state index contributed by atoms with van der Waals surface area (Å²) in [6.07, 6.45) is 0. The molecule has 5 heteroatoms. The van der Waals surface area contributed by atoms with E-state index in [1.165, 1.54) is 22.6 Å². The van der Waals surface area contributed by atoms with E-state index in [4.69, 9.17) is 9.47 Å². The highest BCUT2D eigenvalue weighted by Crippen LogP contribution is 2.22. The molecule has 0 saturated carbocycles. The molecule has 4 nitrogen and oxygen atoms in total. The van der Waals surface area contributed by atoms with Crippen LogP contribution >= 0.6 is 0 Å². The molecule has 0 aliphatic carbocycles. The van der Waals surface area contributed by atoms with Crippen molar-refractivity contribution in [2.45, 2.75) is 6.54 Å². The molecule has 128 valence electrons. The van der Waals surface area contributed by atoms with E-state index in [2.05, 4.69) is 17.0 Å². The Morgan fingerprint density at radius 1 is 0.958 bits per heavy atom. The number of nitrogens with zero attached hydrogens (tertiary/aromatic N) is 1. The topological polar surface area (TPSA) is 26.1 Å². The first kappa shape index (κ1) is 16.6. The molecule has 1 aliphatic heterocycles. The fourth-order valence-electron chi connectivity index (χ4n) is 3.17. The Kier molecular flexibility index (Phi) is 5.20. The number of benzene rings is 2. The summed E-state index contributed by atoms with van der Waals surface area (Å²) in [7, 11) is 3.35. The first-order valence-corrected chi connectivity index (χ1v) is 8.24. The van der Waals surface area contributed by atoms with Gasteiger partial charge in [-0.15, -0.1) is 0 Å². The average molecular weight is 331 g/mol. The van der Waals surface area contributed by atoms with Crippen molar-refractivity contribution in [2.75, 3.05) is 45.3 Å². The fourth-order valence-corrected chi connectivity index (χ4v) is 3.17. The minimum atomic E-state index is -0.185. The van der Waals surface area contributed by atoms with Crippen LogP contribution in [0.4, 0.5) is 10.1 Å². The first-order valence-electron chi connectivity index (χ1n) is 8.24. The molecule has 0 radical (unpaired) electrons. The number of anilines is 1. The molecule has 0 unspecified atom stereocenters. The smallest absolute Gasteiger partial charge is 0.123 e. The van der Waals surface area contributed by atoms with Crippen molar-refractivity contribution in [3.8, 4) is 11.5 Å². The second-order valence-corrected chi connectivity index (χ2v) is 6.11. The Labute approximate surface area is 142 Å². The molecular formula is C19H24FN2O2+. The van der Waals surface area contributed by atoms with Crippen LogP contribution in [0.2, 0.25) is 0 Å². The summed E-state index contributed by atoms with van der Waals surface area (Å²) in [5.74, 6) is 1.47. The van der Waals surface area contributed by atoms with Gasteiger partial charge < -0.3 is 19.3 Å². The van der Waals surface area contributed by atoms with Gasteiger partial charge in [-0.1, -0.05) is 0 Å². The molecule has 2 aromatic rings. The number of halogens is 1. The van der Waals surface area contributed by atoms with Crippen molar-refractivity contribution in [3.63, 3.8) is 0 Å². The quantitative estimate of drug-likeness (QED) is 0.904. The molecule has 1 aliphatic rings. The number of piperazine rings is 1. The standard InChI is InChI=1S/C19H23FN2O2/c1-23-18-11-15(12-19(13-18)24-2)14-21-7-9-22(10-8-21)17-5-3-16(20)4-6-17/h3-6,11-13H,7-10,14H2,1-2H3/p+1. The number of nitrogens with one attached hydrogen (secondary N) is 1. The summed E-state index contributed by atoms with van der Waals surface area (Å²) in [4.78, 5) is 3.85. The number of methoxy groups -OCH3 is 2. The number of rotatable bonds is 5. The SMILES string of the molecule is COc1cc(C[NH+]2CCN(c3ccc(F)cc3)CC2)cc(OC)c1. The maximum atomic E-state index is 13.0. The molecule has 24 heavy (non-hydrogen) atoms. The van der Waals surface area contributed by atoms with E-state index in [1.807, 2.05) is 18.2 Å². The maximum absolute atomic E-state index is 13.0. The van der Waals surface area contributed by atoms with Gasteiger partial charge in [-0.3, -0.25) is 0 Å². The number of hydrogen-bond donors (Lipinski definition) is 1. The molecule has 0 spiro atoms. The molecular weight excluding hydrogens is 307 g/mol. The highest BCUT2D eigenvalue weighted by Gasteiger charge is 2.20. The predicted molar refractivity (Wildman–Crippen MR) is 92.6 cm³/mol. The van der Waals surface area contributed by atoms with Gasteiger partial charge in [0.05, 0.1) is 40.4 Å². The van der Waals surface area contributed by atoms with Gasteiger partial charge in [0.1, 0.15) is 23.9 Å². The van der Waals surface area contributed by atoms with Crippen molar-refractivity contribution in [2.24, 2.45) is 0 Å². The van der Waals surface area contributed by atoms with E-state index < -0.39 is 0 Å². The van der Waals surface area contributed by atoms with Gasteiger partial charge in [0.15, 0.2) is 0 Å². The van der Waals surface area contributed by atoms with Gasteiger partial charge in [-0.2, -0.15) is 0 Å². The molecule has 1 N–H and O–H groups in total. The Balaban J connectivity index is 1.60. The summed E-state index contributed by atoms with van der Waals surface area (Å²) in [6, 6.07) is 12.8. The van der Waals surface area contributed by atoms with Crippen molar-refractivity contribution in [1.82, 2.24) is 0 Å². The van der Waals surface area contributed by atoms with E-state index in [1.54, 1.807) is 14.2 Å². The Hall–Kier alpha value is -2.27. The van der Waals surface area contributed by atoms with Crippen molar-refractivity contribution in [1.29, 1.82) is 0 Å². The minimum Gasteiger partial charge on any atom is -0.497 e. The number of ether oxygens (including phenoxy) is 2. The molecule has 1 saturated heterocycles. The van der Waals surface area contributed by atoms with Gasteiger partial charge in [0.2, 0.25) is 0 Å². The van der Waals surface area contributed by atoms with Crippen LogP contribution < -0.4 is 19.3 Å². The summed E-state index contributed by atoms with van der Waals surface area (Å²) in [5, 5.41) is 0. The molecule has 0 aromatic heterocycles. The van der Waals surface area contributed by atoms with Gasteiger partial charge in [0.25, 0.3) is 0 Å². The van der Waals surface area contributed by atoms with Crippen molar-refractivity contribution in [3.05, 3.63) is 53.8 Å². The average Bonchev–Trinajstić information content (AvgIpc) is 2.62. The summed E-state index contributed by atoms with van der Waals surface area (Å²) in [5.41, 5.74) is 2.31. The van der Waals surface area contributed by atoms with Gasteiger partial charge in [-0.25, -0.2) is 4.39 Å². The van der Waals surface area contributed by atoms with Crippen molar-refractivity contribution >= 4 is 5.69 Å². The fraction of sp³-hybridized carbons (Fsp3) is 0.368. The van der Waals surface area contributed by atoms with Crippen LogP contribution in [0.25, 0.3) is 0 Å². The number of hydrogen-bond acceptors (Lipinski definition) is 3. The molecule has 0 atom stereocenters. The molecule has 1 heterocycles. The van der Waals surface area contributed by atoms with Crippen LogP contribution in [-0.2, 0) is 6.54 Å². The Morgan fingerprint density at radius 2 is 1.54 bits per heavy atom.